The van der Waals surface area contributed by atoms with E-state index >= 15 is 0 Å². The van der Waals surface area contributed by atoms with Crippen molar-refractivity contribution in [1.82, 2.24) is 0 Å². The van der Waals surface area contributed by atoms with E-state index in [1.807, 2.05) is 12.1 Å². The number of amides is 1. The van der Waals surface area contributed by atoms with E-state index in [0.29, 0.717) is 11.8 Å². The minimum Gasteiger partial charge on any atom is -0.330 e. The number of hydrogen-bond acceptors (Lipinski definition) is 2. The number of benzene rings is 1. The molecule has 0 aliphatic heterocycles. The Bertz CT molecular complexity index is 358. The van der Waals surface area contributed by atoms with Gasteiger partial charge in [0.1, 0.15) is 0 Å². The highest BCUT2D eigenvalue weighted by Crippen LogP contribution is 2.46. The predicted molar refractivity (Wildman–Crippen MR) is 60.6 cm³/mol. The van der Waals surface area contributed by atoms with Crippen LogP contribution in [0.5, 0.6) is 0 Å². The number of rotatable bonds is 3. The molecule has 3 N–H and O–H groups in total. The first-order valence-electron chi connectivity index (χ1n) is 5.28. The third-order valence-corrected chi connectivity index (χ3v) is 2.88. The summed E-state index contributed by atoms with van der Waals surface area (Å²) in [6.45, 7) is 2.29. The van der Waals surface area contributed by atoms with Gasteiger partial charge in [0, 0.05) is 12.6 Å². The van der Waals surface area contributed by atoms with Crippen LogP contribution in [0.3, 0.4) is 0 Å². The fourth-order valence-corrected chi connectivity index (χ4v) is 1.93. The monoisotopic (exact) mass is 204 g/mol. The van der Waals surface area contributed by atoms with E-state index in [1.165, 1.54) is 18.9 Å². The predicted octanol–water partition coefficient (Wildman–Crippen LogP) is 1.71. The maximum atomic E-state index is 10.8. The minimum absolute atomic E-state index is 0.0333. The van der Waals surface area contributed by atoms with Crippen molar-refractivity contribution >= 4 is 11.6 Å². The number of nitrogens with one attached hydrogen (secondary N) is 1. The normalized spacial score (nSPS) is 23.6. The summed E-state index contributed by atoms with van der Waals surface area (Å²) in [7, 11) is 0. The molecule has 0 unspecified atom stereocenters. The maximum absolute atomic E-state index is 10.8. The first-order valence-corrected chi connectivity index (χ1v) is 5.28. The van der Waals surface area contributed by atoms with Gasteiger partial charge in [-0.1, -0.05) is 12.1 Å². The van der Waals surface area contributed by atoms with Gasteiger partial charge in [-0.15, -0.1) is 0 Å². The molecular weight excluding hydrogens is 188 g/mol. The van der Waals surface area contributed by atoms with Crippen molar-refractivity contribution in [3.8, 4) is 0 Å². The molecule has 0 spiro atoms. The van der Waals surface area contributed by atoms with Crippen molar-refractivity contribution in [2.75, 3.05) is 11.9 Å². The highest BCUT2D eigenvalue weighted by Gasteiger charge is 2.36. The molecule has 15 heavy (non-hydrogen) atoms. The lowest BCUT2D eigenvalue weighted by Gasteiger charge is -2.03. The topological polar surface area (TPSA) is 55.1 Å². The minimum atomic E-state index is -0.0333. The molecule has 80 valence electrons. The molecule has 0 aromatic heterocycles. The van der Waals surface area contributed by atoms with Crippen molar-refractivity contribution in [2.45, 2.75) is 19.3 Å². The van der Waals surface area contributed by atoms with Gasteiger partial charge in [0.25, 0.3) is 0 Å². The molecule has 0 radical (unpaired) electrons. The first-order chi connectivity index (χ1) is 7.20. The first kappa shape index (κ1) is 10.2. The van der Waals surface area contributed by atoms with E-state index in [4.69, 9.17) is 5.73 Å². The van der Waals surface area contributed by atoms with Crippen LogP contribution in [-0.4, -0.2) is 12.5 Å². The summed E-state index contributed by atoms with van der Waals surface area (Å²) in [5.41, 5.74) is 7.79. The van der Waals surface area contributed by atoms with Gasteiger partial charge in [0.2, 0.25) is 5.91 Å². The summed E-state index contributed by atoms with van der Waals surface area (Å²) >= 11 is 0. The van der Waals surface area contributed by atoms with Crippen LogP contribution in [0.15, 0.2) is 24.3 Å². The Hall–Kier alpha value is -1.35. The van der Waals surface area contributed by atoms with E-state index < -0.39 is 0 Å². The summed E-state index contributed by atoms with van der Waals surface area (Å²) in [4.78, 5) is 10.8. The molecule has 0 saturated heterocycles. The lowest BCUT2D eigenvalue weighted by atomic mass is 10.1. The number of hydrogen-bond donors (Lipinski definition) is 2. The molecule has 0 heterocycles. The second-order valence-electron chi connectivity index (χ2n) is 4.14. The zero-order valence-electron chi connectivity index (χ0n) is 8.86. The third-order valence-electron chi connectivity index (χ3n) is 2.88. The number of anilines is 1. The van der Waals surface area contributed by atoms with E-state index in [2.05, 4.69) is 17.4 Å². The smallest absolute Gasteiger partial charge is 0.221 e. The largest absolute Gasteiger partial charge is 0.330 e. The second-order valence-corrected chi connectivity index (χ2v) is 4.14. The standard InChI is InChI=1S/C12H16N2O/c1-8(15)14-11-4-2-9(3-5-11)12-6-10(12)7-13/h2-5,10,12H,6-7,13H2,1H3,(H,14,15)/t10-,12-/m0/s1. The van der Waals surface area contributed by atoms with Crippen molar-refractivity contribution < 1.29 is 4.79 Å². The Morgan fingerprint density at radius 2 is 2.13 bits per heavy atom. The van der Waals surface area contributed by atoms with Gasteiger partial charge in [-0.3, -0.25) is 4.79 Å². The van der Waals surface area contributed by atoms with E-state index in [1.54, 1.807) is 0 Å². The Kier molecular flexibility index (Phi) is 2.73. The maximum Gasteiger partial charge on any atom is 0.221 e. The molecule has 2 atom stereocenters. The van der Waals surface area contributed by atoms with Crippen LogP contribution in [-0.2, 0) is 4.79 Å². The summed E-state index contributed by atoms with van der Waals surface area (Å²) in [5, 5.41) is 2.75. The Balaban J connectivity index is 2.02. The van der Waals surface area contributed by atoms with Gasteiger partial charge in [-0.25, -0.2) is 0 Å². The quantitative estimate of drug-likeness (QED) is 0.787. The average Bonchev–Trinajstić information content (AvgIpc) is 2.97. The summed E-state index contributed by atoms with van der Waals surface area (Å²) in [6.07, 6.45) is 1.20. The van der Waals surface area contributed by atoms with Crippen molar-refractivity contribution in [3.63, 3.8) is 0 Å². The molecule has 0 bridgehead atoms. The molecule has 1 aliphatic rings. The molecule has 3 nitrogen and oxygen atoms in total. The molecule has 2 rings (SSSR count). The number of carbonyl (C=O) groups excluding carboxylic acids is 1. The zero-order chi connectivity index (χ0) is 10.8. The molecule has 1 amide bonds. The van der Waals surface area contributed by atoms with Crippen molar-refractivity contribution in [1.29, 1.82) is 0 Å². The molecule has 1 saturated carbocycles. The van der Waals surface area contributed by atoms with E-state index in [0.717, 1.165) is 12.2 Å². The van der Waals surface area contributed by atoms with Crippen LogP contribution in [0.4, 0.5) is 5.69 Å². The second kappa shape index (κ2) is 4.03. The Labute approximate surface area is 89.7 Å². The van der Waals surface area contributed by atoms with Crippen LogP contribution < -0.4 is 11.1 Å². The van der Waals surface area contributed by atoms with Gasteiger partial charge in [-0.05, 0) is 42.5 Å². The molecule has 1 aromatic rings. The van der Waals surface area contributed by atoms with Crippen LogP contribution in [0.1, 0.15) is 24.8 Å². The highest BCUT2D eigenvalue weighted by atomic mass is 16.1. The molecular formula is C12H16N2O. The van der Waals surface area contributed by atoms with Gasteiger partial charge < -0.3 is 11.1 Å². The highest BCUT2D eigenvalue weighted by molar-refractivity contribution is 5.88. The fraction of sp³-hybridized carbons (Fsp3) is 0.417. The average molecular weight is 204 g/mol. The van der Waals surface area contributed by atoms with Gasteiger partial charge >= 0.3 is 0 Å². The lowest BCUT2D eigenvalue weighted by Crippen LogP contribution is -2.05. The summed E-state index contributed by atoms with van der Waals surface area (Å²) < 4.78 is 0. The zero-order valence-corrected chi connectivity index (χ0v) is 8.86. The molecule has 3 heteroatoms. The van der Waals surface area contributed by atoms with Crippen LogP contribution >= 0.6 is 0 Å². The molecule has 1 aromatic carbocycles. The number of nitrogens with two attached hydrogens (primary N) is 1. The third kappa shape index (κ3) is 2.36. The van der Waals surface area contributed by atoms with E-state index in [-0.39, 0.29) is 5.91 Å². The Morgan fingerprint density at radius 3 is 2.60 bits per heavy atom. The lowest BCUT2D eigenvalue weighted by molar-refractivity contribution is -0.114. The molecule has 1 fully saturated rings. The van der Waals surface area contributed by atoms with Crippen LogP contribution in [0.25, 0.3) is 0 Å². The van der Waals surface area contributed by atoms with Gasteiger partial charge in [0.05, 0.1) is 0 Å². The number of carbonyl (C=O) groups is 1. The summed E-state index contributed by atoms with van der Waals surface area (Å²) in [5.74, 6) is 1.27. The summed E-state index contributed by atoms with van der Waals surface area (Å²) in [6, 6.07) is 8.04. The Morgan fingerprint density at radius 1 is 1.47 bits per heavy atom. The van der Waals surface area contributed by atoms with Gasteiger partial charge in [-0.2, -0.15) is 0 Å². The van der Waals surface area contributed by atoms with Crippen molar-refractivity contribution in [2.24, 2.45) is 11.7 Å². The van der Waals surface area contributed by atoms with Gasteiger partial charge in [0.15, 0.2) is 0 Å². The van der Waals surface area contributed by atoms with E-state index in [9.17, 15) is 4.79 Å². The van der Waals surface area contributed by atoms with Crippen molar-refractivity contribution in [3.05, 3.63) is 29.8 Å². The van der Waals surface area contributed by atoms with Crippen LogP contribution in [0.2, 0.25) is 0 Å². The molecule has 1 aliphatic carbocycles. The fourth-order valence-electron chi connectivity index (χ4n) is 1.93. The SMILES string of the molecule is CC(=O)Nc1ccc([C@@H]2C[C@H]2CN)cc1. The van der Waals surface area contributed by atoms with Crippen LogP contribution in [0, 0.1) is 5.92 Å².